The van der Waals surface area contributed by atoms with Gasteiger partial charge in [0, 0.05) is 53.9 Å². The zero-order valence-electron chi connectivity index (χ0n) is 24.5. The Balaban J connectivity index is 1.55. The van der Waals surface area contributed by atoms with E-state index in [4.69, 9.17) is 32.7 Å². The first-order valence-corrected chi connectivity index (χ1v) is 14.4. The second-order valence-corrected chi connectivity index (χ2v) is 12.1. The normalized spacial score (nSPS) is 12.5. The van der Waals surface area contributed by atoms with Crippen molar-refractivity contribution in [3.8, 4) is 22.6 Å². The van der Waals surface area contributed by atoms with Gasteiger partial charge in [-0.2, -0.15) is 5.10 Å². The van der Waals surface area contributed by atoms with Crippen molar-refractivity contribution >= 4 is 39.9 Å². The molecule has 224 valence electrons. The summed E-state index contributed by atoms with van der Waals surface area (Å²) in [5.74, 6) is 0.249. The van der Waals surface area contributed by atoms with Crippen LogP contribution in [0.15, 0.2) is 65.8 Å². The molecule has 1 atom stereocenters. The minimum Gasteiger partial charge on any atom is -0.495 e. The molecule has 0 amide bonds. The molecule has 0 aliphatic heterocycles. The molecule has 0 aliphatic carbocycles. The molecule has 12 heteroatoms. The van der Waals surface area contributed by atoms with Crippen LogP contribution in [-0.4, -0.2) is 54.4 Å². The number of carbonyl (C=O) groups excluding carboxylic acids is 1. The third-order valence-electron chi connectivity index (χ3n) is 6.92. The number of halogens is 2. The molecule has 0 spiro atoms. The van der Waals surface area contributed by atoms with Crippen LogP contribution >= 0.6 is 23.2 Å². The Labute approximate surface area is 258 Å². The van der Waals surface area contributed by atoms with E-state index in [1.807, 2.05) is 52.2 Å². The van der Waals surface area contributed by atoms with Crippen molar-refractivity contribution in [2.24, 2.45) is 7.05 Å². The molecule has 2 aromatic carbocycles. The quantitative estimate of drug-likeness (QED) is 0.192. The Morgan fingerprint density at radius 3 is 2.51 bits per heavy atom. The van der Waals surface area contributed by atoms with Crippen LogP contribution in [0.2, 0.25) is 10.2 Å². The van der Waals surface area contributed by atoms with Gasteiger partial charge in [0.2, 0.25) is 0 Å². The summed E-state index contributed by atoms with van der Waals surface area (Å²) in [4.78, 5) is 27.6. The van der Waals surface area contributed by atoms with E-state index in [0.29, 0.717) is 34.0 Å². The number of fused-ring (bicyclic) bond motifs is 1. The summed E-state index contributed by atoms with van der Waals surface area (Å²) in [5.41, 5.74) is 2.55. The molecule has 0 bridgehead atoms. The highest BCUT2D eigenvalue weighted by Crippen LogP contribution is 2.35. The van der Waals surface area contributed by atoms with Gasteiger partial charge in [0.1, 0.15) is 5.75 Å². The number of methoxy groups -OCH3 is 1. The average Bonchev–Trinajstić information content (AvgIpc) is 3.54. The smallest absolute Gasteiger partial charge is 0.252 e. The van der Waals surface area contributed by atoms with Gasteiger partial charge in [-0.25, -0.2) is 4.68 Å². The van der Waals surface area contributed by atoms with Gasteiger partial charge in [0.15, 0.2) is 10.9 Å². The fourth-order valence-corrected chi connectivity index (χ4v) is 5.29. The topological polar surface area (TPSA) is 106 Å². The number of rotatable bonds is 10. The summed E-state index contributed by atoms with van der Waals surface area (Å²) < 4.78 is 16.4. The predicted octanol–water partition coefficient (Wildman–Crippen LogP) is 5.86. The van der Waals surface area contributed by atoms with Crippen LogP contribution in [0.1, 0.15) is 38.8 Å². The Bertz CT molecular complexity index is 1850. The fourth-order valence-electron chi connectivity index (χ4n) is 4.99. The first-order chi connectivity index (χ1) is 20.4. The van der Waals surface area contributed by atoms with Crippen LogP contribution in [-0.2, 0) is 23.0 Å². The van der Waals surface area contributed by atoms with Crippen LogP contribution in [0, 0.1) is 0 Å². The number of Topliss-reactive ketones (excluding diaryl/α,β-unsaturated/α-hetero) is 1. The zero-order valence-corrected chi connectivity index (χ0v) is 26.1. The van der Waals surface area contributed by atoms with Crippen LogP contribution in [0.5, 0.6) is 5.75 Å². The largest absolute Gasteiger partial charge is 0.495 e. The number of ketones is 1. The number of benzene rings is 2. The molecule has 0 radical (unpaired) electrons. The monoisotopic (exact) mass is 622 g/mol. The second kappa shape index (κ2) is 12.3. The Morgan fingerprint density at radius 2 is 1.81 bits per heavy atom. The number of hydrogen-bond donors (Lipinski definition) is 0. The van der Waals surface area contributed by atoms with Crippen LogP contribution in [0.25, 0.3) is 27.7 Å². The van der Waals surface area contributed by atoms with E-state index in [9.17, 15) is 9.59 Å². The van der Waals surface area contributed by atoms with Crippen LogP contribution in [0.3, 0.4) is 0 Å². The van der Waals surface area contributed by atoms with E-state index in [1.165, 1.54) is 22.4 Å². The summed E-state index contributed by atoms with van der Waals surface area (Å²) in [6, 6.07) is 11.5. The van der Waals surface area contributed by atoms with Crippen molar-refractivity contribution in [1.29, 1.82) is 0 Å². The molecule has 5 aromatic rings. The van der Waals surface area contributed by atoms with Gasteiger partial charge in [-0.15, -0.1) is 5.10 Å². The number of pyridine rings is 1. The Morgan fingerprint density at radius 1 is 1.02 bits per heavy atom. The predicted molar refractivity (Wildman–Crippen MR) is 166 cm³/mol. The van der Waals surface area contributed by atoms with Crippen LogP contribution in [0.4, 0.5) is 0 Å². The van der Waals surface area contributed by atoms with Gasteiger partial charge >= 0.3 is 0 Å². The van der Waals surface area contributed by atoms with Gasteiger partial charge in [-0.3, -0.25) is 14.3 Å². The molecule has 3 aromatic heterocycles. The third-order valence-corrected chi connectivity index (χ3v) is 7.33. The van der Waals surface area contributed by atoms with Gasteiger partial charge in [-0.05, 0) is 63.1 Å². The number of nitrogens with zero attached hydrogens (tertiary/aromatic N) is 6. The van der Waals surface area contributed by atoms with E-state index in [2.05, 4.69) is 15.4 Å². The number of hydrogen-bond acceptors (Lipinski definition) is 7. The molecule has 10 nitrogen and oxygen atoms in total. The molecule has 1 unspecified atom stereocenters. The lowest BCUT2D eigenvalue weighted by molar-refractivity contribution is -0.122. The molecule has 0 saturated heterocycles. The molecule has 3 heterocycles. The first-order valence-electron chi connectivity index (χ1n) is 13.7. The molecule has 43 heavy (non-hydrogen) atoms. The highest BCUT2D eigenvalue weighted by molar-refractivity contribution is 6.31. The standard InChI is InChI=1S/C31H32Cl2N6O4/c1-31(2,3)43-11-10-26(27(40)13-19-6-8-24-20(12-19)16-37(4)35-24)38-17-28(42-5)23(15-30(38)41)22-14-21(32)7-9-25(22)39-18-29(33)34-36-39/h6-9,12,14-18,26H,10-11,13H2,1-5H3. The maximum atomic E-state index is 13.9. The highest BCUT2D eigenvalue weighted by Gasteiger charge is 2.25. The van der Waals surface area contributed by atoms with E-state index in [0.717, 1.165) is 16.5 Å². The van der Waals surface area contributed by atoms with E-state index >= 15 is 0 Å². The van der Waals surface area contributed by atoms with Gasteiger partial charge in [-0.1, -0.05) is 34.5 Å². The zero-order chi connectivity index (χ0) is 30.9. The summed E-state index contributed by atoms with van der Waals surface area (Å²) in [6.07, 6.45) is 5.46. The highest BCUT2D eigenvalue weighted by atomic mass is 35.5. The maximum absolute atomic E-state index is 13.9. The number of aromatic nitrogens is 6. The molecule has 0 N–H and O–H groups in total. The van der Waals surface area contributed by atoms with Crippen molar-refractivity contribution in [3.05, 3.63) is 87.1 Å². The van der Waals surface area contributed by atoms with Crippen LogP contribution < -0.4 is 10.3 Å². The summed E-state index contributed by atoms with van der Waals surface area (Å²) in [7, 11) is 3.36. The summed E-state index contributed by atoms with van der Waals surface area (Å²) >= 11 is 12.4. The molecule has 0 fully saturated rings. The van der Waals surface area contributed by atoms with Crippen molar-refractivity contribution in [1.82, 2.24) is 29.3 Å². The SMILES string of the molecule is COc1cn(C(CCOC(C)(C)C)C(=O)Cc2ccc3nn(C)cc3c2)c(=O)cc1-c1cc(Cl)ccc1-n1cc(Cl)nn1. The number of carbonyl (C=O) groups is 1. The van der Waals surface area contributed by atoms with Crippen molar-refractivity contribution in [2.75, 3.05) is 13.7 Å². The average molecular weight is 624 g/mol. The summed E-state index contributed by atoms with van der Waals surface area (Å²) in [6.45, 7) is 6.12. The van der Waals surface area contributed by atoms with E-state index in [1.54, 1.807) is 35.3 Å². The van der Waals surface area contributed by atoms with Crippen molar-refractivity contribution in [3.63, 3.8) is 0 Å². The number of aryl methyl sites for hydroxylation is 1. The van der Waals surface area contributed by atoms with E-state index < -0.39 is 11.6 Å². The van der Waals surface area contributed by atoms with Gasteiger partial charge in [0.25, 0.3) is 5.56 Å². The minimum atomic E-state index is -0.796. The molecular formula is C31H32Cl2N6O4. The summed E-state index contributed by atoms with van der Waals surface area (Å²) in [5, 5.41) is 13.9. The number of ether oxygens (including phenoxy) is 2. The van der Waals surface area contributed by atoms with Gasteiger partial charge in [0.05, 0.1) is 42.4 Å². The second-order valence-electron chi connectivity index (χ2n) is 11.3. The molecule has 0 saturated carbocycles. The fraction of sp³-hybridized carbons (Fsp3) is 0.323. The third kappa shape index (κ3) is 6.98. The van der Waals surface area contributed by atoms with Crippen molar-refractivity contribution in [2.45, 2.75) is 45.3 Å². The lowest BCUT2D eigenvalue weighted by atomic mass is 9.99. The lowest BCUT2D eigenvalue weighted by Gasteiger charge is -2.24. The molecular weight excluding hydrogens is 591 g/mol. The Kier molecular flexibility index (Phi) is 8.73. The lowest BCUT2D eigenvalue weighted by Crippen LogP contribution is -2.32. The molecule has 5 rings (SSSR count). The van der Waals surface area contributed by atoms with Crippen molar-refractivity contribution < 1.29 is 14.3 Å². The van der Waals surface area contributed by atoms with Gasteiger partial charge < -0.3 is 14.0 Å². The first kappa shape index (κ1) is 30.5. The maximum Gasteiger partial charge on any atom is 0.252 e. The molecule has 0 aliphatic rings. The van der Waals surface area contributed by atoms with E-state index in [-0.39, 0.29) is 29.5 Å². The minimum absolute atomic E-state index is 0.127. The Hall–Kier alpha value is -3.99.